The Labute approximate surface area is 145 Å². The minimum Gasteiger partial charge on any atom is -0.350 e. The van der Waals surface area contributed by atoms with E-state index in [9.17, 15) is 31.5 Å². The highest BCUT2D eigenvalue weighted by atomic mass is 19.4. The quantitative estimate of drug-likeness (QED) is 0.792. The number of hydrogen-bond acceptors (Lipinski definition) is 3. The van der Waals surface area contributed by atoms with Gasteiger partial charge < -0.3 is 10.2 Å². The summed E-state index contributed by atoms with van der Waals surface area (Å²) in [6.07, 6.45) is -5.27. The zero-order valence-corrected chi connectivity index (χ0v) is 13.4. The van der Waals surface area contributed by atoms with Crippen LogP contribution in [0.25, 0.3) is 0 Å². The summed E-state index contributed by atoms with van der Waals surface area (Å²) in [6.45, 7) is -0.611. The maximum atomic E-state index is 13.2. The lowest BCUT2D eigenvalue weighted by Gasteiger charge is -2.19. The number of amides is 2. The van der Waals surface area contributed by atoms with E-state index < -0.39 is 54.5 Å². The molecule has 2 fully saturated rings. The molecule has 0 aromatic heterocycles. The number of halogens is 5. The van der Waals surface area contributed by atoms with Gasteiger partial charge in [0.1, 0.15) is 0 Å². The minimum atomic E-state index is -4.54. The van der Waals surface area contributed by atoms with Gasteiger partial charge in [0.15, 0.2) is 0 Å². The first-order valence-corrected chi connectivity index (χ1v) is 7.94. The molecule has 0 spiro atoms. The van der Waals surface area contributed by atoms with E-state index in [1.807, 2.05) is 0 Å². The van der Waals surface area contributed by atoms with Crippen LogP contribution in [-0.4, -0.2) is 42.9 Å². The van der Waals surface area contributed by atoms with Crippen molar-refractivity contribution in [2.24, 2.45) is 0 Å². The molecule has 0 aliphatic carbocycles. The second-order valence-electron chi connectivity index (χ2n) is 6.46. The van der Waals surface area contributed by atoms with E-state index in [0.29, 0.717) is 0 Å². The van der Waals surface area contributed by atoms with Gasteiger partial charge in [0, 0.05) is 25.1 Å². The van der Waals surface area contributed by atoms with Crippen molar-refractivity contribution in [3.63, 3.8) is 0 Å². The summed E-state index contributed by atoms with van der Waals surface area (Å²) < 4.78 is 64.7. The fourth-order valence-corrected chi connectivity index (χ4v) is 3.11. The van der Waals surface area contributed by atoms with Crippen LogP contribution in [0.2, 0.25) is 0 Å². The van der Waals surface area contributed by atoms with Crippen LogP contribution in [0, 0.1) is 0 Å². The van der Waals surface area contributed by atoms with Gasteiger partial charge in [-0.1, -0.05) is 6.07 Å². The van der Waals surface area contributed by atoms with Crippen LogP contribution in [0.1, 0.15) is 18.4 Å². The molecule has 2 saturated heterocycles. The monoisotopic (exact) mass is 377 g/mol. The van der Waals surface area contributed by atoms with Crippen LogP contribution in [0.15, 0.2) is 24.3 Å². The fraction of sp³-hybridized carbons (Fsp3) is 0.500. The molecular formula is C16H16F5N3O2. The van der Waals surface area contributed by atoms with E-state index in [4.69, 9.17) is 0 Å². The molecule has 1 aromatic carbocycles. The molecule has 142 valence electrons. The van der Waals surface area contributed by atoms with Gasteiger partial charge >= 0.3 is 6.18 Å². The lowest BCUT2D eigenvalue weighted by atomic mass is 10.1. The number of nitrogens with zero attached hydrogens (tertiary/aromatic N) is 1. The molecule has 2 unspecified atom stereocenters. The van der Waals surface area contributed by atoms with Crippen LogP contribution in [0.3, 0.4) is 0 Å². The molecule has 2 aliphatic rings. The standard InChI is InChI=1S/C16H16F5N3O2/c17-15(18)6-12(22-8-15)14(26)23-10-5-13(25)24(7-10)11-3-1-2-9(4-11)16(19,20)21/h1-4,10,12,22H,5-8H2,(H,23,26). The lowest BCUT2D eigenvalue weighted by molar-refractivity contribution is -0.137. The first-order chi connectivity index (χ1) is 12.0. The topological polar surface area (TPSA) is 61.4 Å². The van der Waals surface area contributed by atoms with Crippen LogP contribution in [0.4, 0.5) is 27.6 Å². The lowest BCUT2D eigenvalue weighted by Crippen LogP contribution is -2.46. The Morgan fingerprint density at radius 3 is 2.65 bits per heavy atom. The molecule has 0 saturated carbocycles. The average Bonchev–Trinajstić information content (AvgIpc) is 3.09. The normalized spacial score (nSPS) is 25.6. The Bertz CT molecular complexity index is 722. The minimum absolute atomic E-state index is 0.0189. The Kier molecular flexibility index (Phi) is 4.63. The van der Waals surface area contributed by atoms with E-state index in [0.717, 1.165) is 17.0 Å². The summed E-state index contributed by atoms with van der Waals surface area (Å²) in [5.74, 6) is -4.05. The summed E-state index contributed by atoms with van der Waals surface area (Å²) in [5, 5.41) is 4.93. The number of hydrogen-bond donors (Lipinski definition) is 2. The Morgan fingerprint density at radius 1 is 1.31 bits per heavy atom. The molecule has 26 heavy (non-hydrogen) atoms. The van der Waals surface area contributed by atoms with Crippen LogP contribution in [0.5, 0.6) is 0 Å². The molecule has 2 atom stereocenters. The van der Waals surface area contributed by atoms with Crippen molar-refractivity contribution in [1.82, 2.24) is 10.6 Å². The number of anilines is 1. The van der Waals surface area contributed by atoms with E-state index in [1.54, 1.807) is 0 Å². The molecule has 2 N–H and O–H groups in total. The molecule has 2 heterocycles. The van der Waals surface area contributed by atoms with Crippen molar-refractivity contribution in [3.05, 3.63) is 29.8 Å². The van der Waals surface area contributed by atoms with Crippen LogP contribution >= 0.6 is 0 Å². The molecule has 5 nitrogen and oxygen atoms in total. The van der Waals surface area contributed by atoms with Gasteiger partial charge in [-0.25, -0.2) is 8.78 Å². The maximum absolute atomic E-state index is 13.2. The summed E-state index contributed by atoms with van der Waals surface area (Å²) in [5.41, 5.74) is -0.806. The van der Waals surface area contributed by atoms with Gasteiger partial charge in [0.05, 0.1) is 24.2 Å². The van der Waals surface area contributed by atoms with Gasteiger partial charge in [-0.15, -0.1) is 0 Å². The first kappa shape index (κ1) is 18.6. The molecule has 0 bridgehead atoms. The van der Waals surface area contributed by atoms with E-state index >= 15 is 0 Å². The highest BCUT2D eigenvalue weighted by molar-refractivity contribution is 5.97. The van der Waals surface area contributed by atoms with Crippen LogP contribution < -0.4 is 15.5 Å². The van der Waals surface area contributed by atoms with Crippen molar-refractivity contribution >= 4 is 17.5 Å². The summed E-state index contributed by atoms with van der Waals surface area (Å²) in [6, 6.07) is 2.62. The second-order valence-corrected chi connectivity index (χ2v) is 6.46. The van der Waals surface area contributed by atoms with Gasteiger partial charge in [-0.3, -0.25) is 14.9 Å². The van der Waals surface area contributed by atoms with Gasteiger partial charge in [-0.05, 0) is 18.2 Å². The van der Waals surface area contributed by atoms with E-state index in [-0.39, 0.29) is 18.7 Å². The number of alkyl halides is 5. The van der Waals surface area contributed by atoms with Gasteiger partial charge in [0.25, 0.3) is 5.92 Å². The third kappa shape index (κ3) is 3.95. The summed E-state index contributed by atoms with van der Waals surface area (Å²) >= 11 is 0. The summed E-state index contributed by atoms with van der Waals surface area (Å²) in [4.78, 5) is 25.3. The largest absolute Gasteiger partial charge is 0.416 e. The Morgan fingerprint density at radius 2 is 2.04 bits per heavy atom. The summed E-state index contributed by atoms with van der Waals surface area (Å²) in [7, 11) is 0. The molecule has 10 heteroatoms. The number of rotatable bonds is 3. The molecular weight excluding hydrogens is 361 g/mol. The number of nitrogens with one attached hydrogen (secondary N) is 2. The number of benzene rings is 1. The van der Waals surface area contributed by atoms with Crippen molar-refractivity contribution in [2.75, 3.05) is 18.0 Å². The molecule has 1 aromatic rings. The van der Waals surface area contributed by atoms with Crippen LogP contribution in [-0.2, 0) is 15.8 Å². The number of carbonyl (C=O) groups excluding carboxylic acids is 2. The second kappa shape index (κ2) is 6.49. The van der Waals surface area contributed by atoms with E-state index in [1.165, 1.54) is 12.1 Å². The smallest absolute Gasteiger partial charge is 0.350 e. The van der Waals surface area contributed by atoms with Crippen molar-refractivity contribution in [1.29, 1.82) is 0 Å². The third-order valence-electron chi connectivity index (χ3n) is 4.38. The highest BCUT2D eigenvalue weighted by Crippen LogP contribution is 2.33. The maximum Gasteiger partial charge on any atom is 0.416 e. The molecule has 3 rings (SSSR count). The van der Waals surface area contributed by atoms with Gasteiger partial charge in [0.2, 0.25) is 11.8 Å². The molecule has 2 aliphatic heterocycles. The van der Waals surface area contributed by atoms with Gasteiger partial charge in [-0.2, -0.15) is 13.2 Å². The Hall–Kier alpha value is -2.23. The van der Waals surface area contributed by atoms with Crippen molar-refractivity contribution in [3.8, 4) is 0 Å². The fourth-order valence-electron chi connectivity index (χ4n) is 3.11. The Balaban J connectivity index is 1.65. The molecule has 0 radical (unpaired) electrons. The predicted molar refractivity (Wildman–Crippen MR) is 81.7 cm³/mol. The zero-order chi connectivity index (χ0) is 19.1. The predicted octanol–water partition coefficient (Wildman–Crippen LogP) is 1.92. The third-order valence-corrected chi connectivity index (χ3v) is 4.38. The average molecular weight is 377 g/mol. The number of carbonyl (C=O) groups is 2. The SMILES string of the molecule is O=C(NC1CC(=O)N(c2cccc(C(F)(F)F)c2)C1)C1CC(F)(F)CN1. The highest BCUT2D eigenvalue weighted by Gasteiger charge is 2.43. The zero-order valence-electron chi connectivity index (χ0n) is 13.4. The van der Waals surface area contributed by atoms with Crippen molar-refractivity contribution < 1.29 is 31.5 Å². The van der Waals surface area contributed by atoms with Crippen molar-refractivity contribution in [2.45, 2.75) is 37.0 Å². The van der Waals surface area contributed by atoms with E-state index in [2.05, 4.69) is 10.6 Å². The molecule has 2 amide bonds. The first-order valence-electron chi connectivity index (χ1n) is 7.94.